The zero-order valence-electron chi connectivity index (χ0n) is 13.4. The number of carbonyl (C=O) groups excluding carboxylic acids is 1. The van der Waals surface area contributed by atoms with Crippen LogP contribution in [-0.2, 0) is 9.53 Å². The summed E-state index contributed by atoms with van der Waals surface area (Å²) in [5, 5.41) is 6.43. The lowest BCUT2D eigenvalue weighted by molar-refractivity contribution is -0.130. The topological polar surface area (TPSA) is 53.6 Å². The monoisotopic (exact) mass is 295 g/mol. The maximum atomic E-state index is 12.1. The van der Waals surface area contributed by atoms with E-state index in [2.05, 4.69) is 29.4 Å². The molecule has 0 aromatic heterocycles. The minimum Gasteiger partial charge on any atom is -0.373 e. The van der Waals surface area contributed by atoms with Crippen molar-refractivity contribution in [3.63, 3.8) is 0 Å². The molecule has 1 saturated carbocycles. The van der Waals surface area contributed by atoms with Crippen molar-refractivity contribution in [3.05, 3.63) is 0 Å². The molecule has 0 spiro atoms. The summed E-state index contributed by atoms with van der Waals surface area (Å²) in [6.07, 6.45) is 2.20. The summed E-state index contributed by atoms with van der Waals surface area (Å²) in [5.74, 6) is 2.18. The Morgan fingerprint density at radius 1 is 1.33 bits per heavy atom. The van der Waals surface area contributed by atoms with Gasteiger partial charge in [0.15, 0.2) is 0 Å². The maximum absolute atomic E-state index is 12.1. The summed E-state index contributed by atoms with van der Waals surface area (Å²) in [7, 11) is 0. The largest absolute Gasteiger partial charge is 0.373 e. The van der Waals surface area contributed by atoms with Crippen molar-refractivity contribution in [1.82, 2.24) is 15.5 Å². The molecule has 3 fully saturated rings. The van der Waals surface area contributed by atoms with Gasteiger partial charge in [-0.3, -0.25) is 9.69 Å². The Balaban J connectivity index is 1.30. The van der Waals surface area contributed by atoms with Crippen molar-refractivity contribution in [2.24, 2.45) is 17.8 Å². The Morgan fingerprint density at radius 2 is 2.10 bits per heavy atom. The van der Waals surface area contributed by atoms with Crippen LogP contribution in [0.4, 0.5) is 0 Å². The molecule has 0 atom stereocenters. The van der Waals surface area contributed by atoms with Crippen molar-refractivity contribution in [2.45, 2.75) is 32.3 Å². The molecule has 2 aliphatic heterocycles. The first-order valence-electron chi connectivity index (χ1n) is 8.38. The number of rotatable bonds is 5. The lowest BCUT2D eigenvalue weighted by atomic mass is 9.66. The summed E-state index contributed by atoms with van der Waals surface area (Å²) in [5.41, 5.74) is -0.0553. The second-order valence-electron chi connectivity index (χ2n) is 7.52. The fourth-order valence-corrected chi connectivity index (χ4v) is 3.69. The molecule has 2 heterocycles. The fraction of sp³-hybridized carbons (Fsp3) is 0.938. The van der Waals surface area contributed by atoms with Crippen LogP contribution in [0.5, 0.6) is 0 Å². The lowest BCUT2D eigenvalue weighted by Crippen LogP contribution is -2.53. The van der Waals surface area contributed by atoms with Gasteiger partial charge in [0.05, 0.1) is 12.2 Å². The third-order valence-electron chi connectivity index (χ3n) is 5.26. The smallest absolute Gasteiger partial charge is 0.223 e. The molecule has 0 unspecified atom stereocenters. The van der Waals surface area contributed by atoms with E-state index in [-0.39, 0.29) is 17.4 Å². The van der Waals surface area contributed by atoms with E-state index in [1.165, 1.54) is 0 Å². The van der Waals surface area contributed by atoms with E-state index in [1.807, 2.05) is 0 Å². The number of ether oxygens (including phenoxy) is 1. The highest BCUT2D eigenvalue weighted by Gasteiger charge is 2.40. The van der Waals surface area contributed by atoms with E-state index in [0.717, 1.165) is 70.6 Å². The predicted molar refractivity (Wildman–Crippen MR) is 82.1 cm³/mol. The third-order valence-corrected chi connectivity index (χ3v) is 5.26. The van der Waals surface area contributed by atoms with Crippen molar-refractivity contribution >= 4 is 5.91 Å². The summed E-state index contributed by atoms with van der Waals surface area (Å²) >= 11 is 0. The molecule has 0 radical (unpaired) electrons. The standard InChI is InChI=1S/C16H29N3O2/c1-16(2)11-19(5-6-21-16)4-3-18-15(20)13-7-12(8-13)14-9-17-10-14/h12-14,17H,3-11H2,1-2H3,(H,18,20). The number of carbonyl (C=O) groups is 1. The molecule has 1 aliphatic carbocycles. The molecule has 2 saturated heterocycles. The van der Waals surface area contributed by atoms with Crippen LogP contribution in [0.2, 0.25) is 0 Å². The minimum atomic E-state index is -0.0553. The van der Waals surface area contributed by atoms with Gasteiger partial charge in [-0.15, -0.1) is 0 Å². The zero-order chi connectivity index (χ0) is 14.9. The fourth-order valence-electron chi connectivity index (χ4n) is 3.69. The summed E-state index contributed by atoms with van der Waals surface area (Å²) in [4.78, 5) is 14.5. The van der Waals surface area contributed by atoms with E-state index in [9.17, 15) is 4.79 Å². The van der Waals surface area contributed by atoms with E-state index >= 15 is 0 Å². The van der Waals surface area contributed by atoms with Gasteiger partial charge < -0.3 is 15.4 Å². The van der Waals surface area contributed by atoms with Gasteiger partial charge in [-0.2, -0.15) is 0 Å². The molecule has 0 aromatic carbocycles. The molecule has 5 nitrogen and oxygen atoms in total. The lowest BCUT2D eigenvalue weighted by Gasteiger charge is -2.44. The summed E-state index contributed by atoms with van der Waals surface area (Å²) in [6, 6.07) is 0. The van der Waals surface area contributed by atoms with Gasteiger partial charge in [0.2, 0.25) is 5.91 Å². The number of nitrogens with one attached hydrogen (secondary N) is 2. The van der Waals surface area contributed by atoms with Crippen molar-refractivity contribution < 1.29 is 9.53 Å². The summed E-state index contributed by atoms with van der Waals surface area (Å²) < 4.78 is 5.70. The van der Waals surface area contributed by atoms with Crippen LogP contribution < -0.4 is 10.6 Å². The average Bonchev–Trinajstić information content (AvgIpc) is 2.29. The first kappa shape index (κ1) is 15.3. The molecule has 0 aromatic rings. The van der Waals surface area contributed by atoms with Gasteiger partial charge in [0.25, 0.3) is 0 Å². The molecular weight excluding hydrogens is 266 g/mol. The molecular formula is C16H29N3O2. The van der Waals surface area contributed by atoms with Crippen molar-refractivity contribution in [3.8, 4) is 0 Å². The van der Waals surface area contributed by atoms with Gasteiger partial charge in [-0.1, -0.05) is 0 Å². The molecule has 2 N–H and O–H groups in total. The molecule has 3 aliphatic rings. The van der Waals surface area contributed by atoms with Crippen molar-refractivity contribution in [2.75, 3.05) is 45.9 Å². The Morgan fingerprint density at radius 3 is 2.71 bits per heavy atom. The Kier molecular flexibility index (Phi) is 4.52. The van der Waals surface area contributed by atoms with Gasteiger partial charge in [0.1, 0.15) is 0 Å². The zero-order valence-corrected chi connectivity index (χ0v) is 13.4. The predicted octanol–water partition coefficient (Wildman–Crippen LogP) is 0.459. The van der Waals surface area contributed by atoms with Crippen LogP contribution in [0.15, 0.2) is 0 Å². The Labute approximate surface area is 127 Å². The average molecular weight is 295 g/mol. The summed E-state index contributed by atoms with van der Waals surface area (Å²) in [6.45, 7) is 11.0. The van der Waals surface area contributed by atoms with Crippen LogP contribution in [0.25, 0.3) is 0 Å². The number of hydrogen-bond donors (Lipinski definition) is 2. The van der Waals surface area contributed by atoms with E-state index < -0.39 is 0 Å². The molecule has 3 rings (SSSR count). The van der Waals surface area contributed by atoms with Crippen molar-refractivity contribution in [1.29, 1.82) is 0 Å². The quantitative estimate of drug-likeness (QED) is 0.774. The second-order valence-corrected chi connectivity index (χ2v) is 7.52. The van der Waals surface area contributed by atoms with Crippen LogP contribution in [0, 0.1) is 17.8 Å². The second kappa shape index (κ2) is 6.23. The van der Waals surface area contributed by atoms with Gasteiger partial charge >= 0.3 is 0 Å². The van der Waals surface area contributed by atoms with Crippen LogP contribution >= 0.6 is 0 Å². The minimum absolute atomic E-state index is 0.0553. The highest BCUT2D eigenvalue weighted by atomic mass is 16.5. The molecule has 0 bridgehead atoms. The van der Waals surface area contributed by atoms with Gasteiger partial charge in [0, 0.05) is 32.1 Å². The van der Waals surface area contributed by atoms with Gasteiger partial charge in [-0.25, -0.2) is 0 Å². The van der Waals surface area contributed by atoms with E-state index in [1.54, 1.807) is 0 Å². The van der Waals surface area contributed by atoms with Crippen LogP contribution in [0.1, 0.15) is 26.7 Å². The molecule has 1 amide bonds. The van der Waals surface area contributed by atoms with Crippen LogP contribution in [-0.4, -0.2) is 62.3 Å². The third kappa shape index (κ3) is 3.76. The van der Waals surface area contributed by atoms with Crippen LogP contribution in [0.3, 0.4) is 0 Å². The first-order chi connectivity index (χ1) is 10.0. The Bertz CT molecular complexity index is 376. The van der Waals surface area contributed by atoms with Gasteiger partial charge in [-0.05, 0) is 51.6 Å². The number of hydrogen-bond acceptors (Lipinski definition) is 4. The first-order valence-corrected chi connectivity index (χ1v) is 8.38. The maximum Gasteiger partial charge on any atom is 0.223 e. The highest BCUT2D eigenvalue weighted by molar-refractivity contribution is 5.79. The Hall–Kier alpha value is -0.650. The SMILES string of the molecule is CC1(C)CN(CCNC(=O)C2CC(C3CNC3)C2)CCO1. The number of amides is 1. The highest BCUT2D eigenvalue weighted by Crippen LogP contribution is 2.40. The molecule has 120 valence electrons. The number of nitrogens with zero attached hydrogens (tertiary/aromatic N) is 1. The van der Waals surface area contributed by atoms with E-state index in [4.69, 9.17) is 4.74 Å². The van der Waals surface area contributed by atoms with E-state index in [0.29, 0.717) is 0 Å². The molecule has 5 heteroatoms. The number of morpholine rings is 1. The normalized spacial score (nSPS) is 33.0. The molecule has 21 heavy (non-hydrogen) atoms.